The van der Waals surface area contributed by atoms with E-state index < -0.39 is 0 Å². The van der Waals surface area contributed by atoms with Crippen molar-refractivity contribution in [1.29, 1.82) is 0 Å². The molecule has 0 aliphatic rings. The van der Waals surface area contributed by atoms with Gasteiger partial charge in [0.25, 0.3) is 0 Å². The van der Waals surface area contributed by atoms with Gasteiger partial charge in [-0.1, -0.05) is 23.7 Å². The Morgan fingerprint density at radius 2 is 1.86 bits per heavy atom. The average Bonchev–Trinajstić information content (AvgIpc) is 2.51. The second-order valence-electron chi connectivity index (χ2n) is 4.55. The summed E-state index contributed by atoms with van der Waals surface area (Å²) in [7, 11) is 0. The zero-order chi connectivity index (χ0) is 14.9. The summed E-state index contributed by atoms with van der Waals surface area (Å²) in [5, 5.41) is 4.11. The highest BCUT2D eigenvalue weighted by Crippen LogP contribution is 2.17. The number of benzene rings is 2. The van der Waals surface area contributed by atoms with Crippen molar-refractivity contribution in [3.8, 4) is 5.75 Å². The zero-order valence-electron chi connectivity index (χ0n) is 12.1. The first-order valence-corrected chi connectivity index (χ1v) is 7.44. The molecule has 21 heavy (non-hydrogen) atoms. The van der Waals surface area contributed by atoms with Crippen molar-refractivity contribution in [2.45, 2.75) is 13.5 Å². The summed E-state index contributed by atoms with van der Waals surface area (Å²) in [6.07, 6.45) is 0. The smallest absolute Gasteiger partial charge is 0.119 e. The molecule has 0 radical (unpaired) electrons. The molecule has 1 N–H and O–H groups in total. The number of hydrogen-bond donors (Lipinski definition) is 1. The van der Waals surface area contributed by atoms with E-state index in [1.807, 2.05) is 55.5 Å². The minimum Gasteiger partial charge on any atom is -0.491 e. The Morgan fingerprint density at radius 1 is 1.05 bits per heavy atom. The molecule has 0 heterocycles. The van der Waals surface area contributed by atoms with Crippen LogP contribution in [0.15, 0.2) is 48.5 Å². The van der Waals surface area contributed by atoms with E-state index in [0.717, 1.165) is 35.2 Å². The maximum absolute atomic E-state index is 5.96. The van der Waals surface area contributed by atoms with E-state index in [0.29, 0.717) is 13.2 Å². The van der Waals surface area contributed by atoms with Gasteiger partial charge in [-0.2, -0.15) is 0 Å². The lowest BCUT2D eigenvalue weighted by atomic mass is 10.2. The Morgan fingerprint density at radius 3 is 2.57 bits per heavy atom. The van der Waals surface area contributed by atoms with Crippen molar-refractivity contribution < 1.29 is 9.47 Å². The van der Waals surface area contributed by atoms with Gasteiger partial charge in [-0.05, 0) is 48.9 Å². The molecule has 0 spiro atoms. The van der Waals surface area contributed by atoms with Crippen molar-refractivity contribution in [3.05, 3.63) is 59.1 Å². The summed E-state index contributed by atoms with van der Waals surface area (Å²) in [6.45, 7) is 4.62. The lowest BCUT2D eigenvalue weighted by Crippen LogP contribution is -2.06. The van der Waals surface area contributed by atoms with Crippen molar-refractivity contribution in [3.63, 3.8) is 0 Å². The third-order valence-electron chi connectivity index (χ3n) is 2.94. The molecule has 2 aromatic carbocycles. The fraction of sp³-hybridized carbons (Fsp3) is 0.294. The molecule has 0 amide bonds. The van der Waals surface area contributed by atoms with Gasteiger partial charge in [-0.25, -0.2) is 0 Å². The van der Waals surface area contributed by atoms with E-state index in [1.165, 1.54) is 0 Å². The molecule has 0 bridgehead atoms. The molecular formula is C17H20ClNO2. The summed E-state index contributed by atoms with van der Waals surface area (Å²) in [4.78, 5) is 0. The first-order valence-electron chi connectivity index (χ1n) is 7.07. The number of halogens is 1. The van der Waals surface area contributed by atoms with Gasteiger partial charge >= 0.3 is 0 Å². The molecule has 0 aliphatic carbocycles. The normalized spacial score (nSPS) is 10.4. The molecule has 2 rings (SSSR count). The highest BCUT2D eigenvalue weighted by atomic mass is 35.5. The minimum absolute atomic E-state index is 0.573. The van der Waals surface area contributed by atoms with Crippen LogP contribution >= 0.6 is 11.6 Å². The van der Waals surface area contributed by atoms with Crippen LogP contribution in [0.5, 0.6) is 5.75 Å². The molecule has 0 saturated carbocycles. The summed E-state index contributed by atoms with van der Waals surface area (Å²) in [5.41, 5.74) is 2.20. The molecule has 0 atom stereocenters. The topological polar surface area (TPSA) is 30.5 Å². The molecule has 0 saturated heterocycles. The standard InChI is InChI=1S/C17H20ClNO2/c1-2-20-10-11-21-17-8-6-16(7-9-17)19-13-14-4-3-5-15(18)12-14/h3-9,12,19H,2,10-11,13H2,1H3. The van der Waals surface area contributed by atoms with Crippen LogP contribution < -0.4 is 10.1 Å². The van der Waals surface area contributed by atoms with Gasteiger partial charge in [0.2, 0.25) is 0 Å². The van der Waals surface area contributed by atoms with Gasteiger partial charge in [0, 0.05) is 23.9 Å². The first-order chi connectivity index (χ1) is 10.3. The predicted molar refractivity (Wildman–Crippen MR) is 87.2 cm³/mol. The zero-order valence-corrected chi connectivity index (χ0v) is 12.9. The monoisotopic (exact) mass is 305 g/mol. The average molecular weight is 306 g/mol. The molecule has 3 nitrogen and oxygen atoms in total. The number of nitrogens with one attached hydrogen (secondary N) is 1. The molecule has 112 valence electrons. The summed E-state index contributed by atoms with van der Waals surface area (Å²) in [6, 6.07) is 15.7. The first kappa shape index (κ1) is 15.7. The summed E-state index contributed by atoms with van der Waals surface area (Å²) >= 11 is 5.96. The maximum atomic E-state index is 5.96. The fourth-order valence-electron chi connectivity index (χ4n) is 1.88. The molecular weight excluding hydrogens is 286 g/mol. The lowest BCUT2D eigenvalue weighted by molar-refractivity contribution is 0.110. The molecule has 0 aliphatic heterocycles. The Balaban J connectivity index is 1.79. The van der Waals surface area contributed by atoms with Crippen LogP contribution in [0.4, 0.5) is 5.69 Å². The van der Waals surface area contributed by atoms with Gasteiger partial charge < -0.3 is 14.8 Å². The minimum atomic E-state index is 0.573. The van der Waals surface area contributed by atoms with Crippen LogP contribution in [0, 0.1) is 0 Å². The van der Waals surface area contributed by atoms with Gasteiger partial charge in [0.1, 0.15) is 12.4 Å². The number of rotatable bonds is 8. The van der Waals surface area contributed by atoms with Crippen molar-refractivity contribution in [1.82, 2.24) is 0 Å². The highest BCUT2D eigenvalue weighted by Gasteiger charge is 1.97. The predicted octanol–water partition coefficient (Wildman–Crippen LogP) is 4.37. The number of anilines is 1. The van der Waals surface area contributed by atoms with E-state index in [4.69, 9.17) is 21.1 Å². The van der Waals surface area contributed by atoms with E-state index in [9.17, 15) is 0 Å². The Labute approximate surface area is 130 Å². The Hall–Kier alpha value is -1.71. The Kier molecular flexibility index (Phi) is 6.38. The number of hydrogen-bond acceptors (Lipinski definition) is 3. The third-order valence-corrected chi connectivity index (χ3v) is 3.18. The fourth-order valence-corrected chi connectivity index (χ4v) is 2.10. The Bertz CT molecular complexity index is 543. The van der Waals surface area contributed by atoms with Gasteiger partial charge in [0.05, 0.1) is 6.61 Å². The molecule has 0 unspecified atom stereocenters. The van der Waals surface area contributed by atoms with E-state index >= 15 is 0 Å². The highest BCUT2D eigenvalue weighted by molar-refractivity contribution is 6.30. The summed E-state index contributed by atoms with van der Waals surface area (Å²) < 4.78 is 10.8. The molecule has 2 aromatic rings. The molecule has 4 heteroatoms. The number of ether oxygens (including phenoxy) is 2. The maximum Gasteiger partial charge on any atom is 0.119 e. The van der Waals surface area contributed by atoms with Crippen LogP contribution in [0.2, 0.25) is 5.02 Å². The van der Waals surface area contributed by atoms with Gasteiger partial charge in [-0.15, -0.1) is 0 Å². The van der Waals surface area contributed by atoms with Gasteiger partial charge in [-0.3, -0.25) is 0 Å². The van der Waals surface area contributed by atoms with Crippen LogP contribution in [0.25, 0.3) is 0 Å². The van der Waals surface area contributed by atoms with Crippen molar-refractivity contribution in [2.24, 2.45) is 0 Å². The third kappa shape index (κ3) is 5.66. The van der Waals surface area contributed by atoms with E-state index in [2.05, 4.69) is 5.32 Å². The van der Waals surface area contributed by atoms with E-state index in [-0.39, 0.29) is 0 Å². The quantitative estimate of drug-likeness (QED) is 0.735. The van der Waals surface area contributed by atoms with Crippen LogP contribution in [-0.2, 0) is 11.3 Å². The van der Waals surface area contributed by atoms with Crippen molar-refractivity contribution in [2.75, 3.05) is 25.1 Å². The van der Waals surface area contributed by atoms with Crippen molar-refractivity contribution >= 4 is 17.3 Å². The van der Waals surface area contributed by atoms with E-state index in [1.54, 1.807) is 0 Å². The lowest BCUT2D eigenvalue weighted by Gasteiger charge is -2.09. The SMILES string of the molecule is CCOCCOc1ccc(NCc2cccc(Cl)c2)cc1. The molecule has 0 fully saturated rings. The van der Waals surface area contributed by atoms with Gasteiger partial charge in [0.15, 0.2) is 0 Å². The van der Waals surface area contributed by atoms with Crippen LogP contribution in [0.3, 0.4) is 0 Å². The summed E-state index contributed by atoms with van der Waals surface area (Å²) in [5.74, 6) is 0.850. The molecule has 0 aromatic heterocycles. The van der Waals surface area contributed by atoms with Crippen LogP contribution in [0.1, 0.15) is 12.5 Å². The second-order valence-corrected chi connectivity index (χ2v) is 4.99. The largest absolute Gasteiger partial charge is 0.491 e. The van der Waals surface area contributed by atoms with Crippen LogP contribution in [-0.4, -0.2) is 19.8 Å². The second kappa shape index (κ2) is 8.55.